The van der Waals surface area contributed by atoms with Crippen LogP contribution in [0, 0.1) is 5.92 Å². The van der Waals surface area contributed by atoms with Crippen molar-refractivity contribution >= 4 is 0 Å². The molecular weight excluding hydrogens is 142 g/mol. The third-order valence-corrected chi connectivity index (χ3v) is 2.28. The highest BCUT2D eigenvalue weighted by molar-refractivity contribution is 4.76. The summed E-state index contributed by atoms with van der Waals surface area (Å²) in [6, 6.07) is 0. The summed E-state index contributed by atoms with van der Waals surface area (Å²) < 4.78 is 0. The van der Waals surface area contributed by atoms with Gasteiger partial charge in [-0.2, -0.15) is 0 Å². The Morgan fingerprint density at radius 3 is 2.91 bits per heavy atom. The van der Waals surface area contributed by atoms with Crippen LogP contribution in [0.25, 0.3) is 10.4 Å². The second-order valence-corrected chi connectivity index (χ2v) is 3.00. The molecule has 1 fully saturated rings. The number of nitrogens with zero attached hydrogens (tertiary/aromatic N) is 3. The van der Waals surface area contributed by atoms with Gasteiger partial charge in [0.25, 0.3) is 0 Å². The topological polar surface area (TPSA) is 69.0 Å². The Labute approximate surface area is 65.9 Å². The maximum atomic E-state index is 9.35. The van der Waals surface area contributed by atoms with Gasteiger partial charge < -0.3 is 5.11 Å². The quantitative estimate of drug-likeness (QED) is 0.377. The fraction of sp³-hybridized carbons (Fsp3) is 1.00. The summed E-state index contributed by atoms with van der Waals surface area (Å²) in [6.45, 7) is 0.526. The summed E-state index contributed by atoms with van der Waals surface area (Å²) >= 11 is 0. The van der Waals surface area contributed by atoms with E-state index in [0.29, 0.717) is 12.5 Å². The third kappa shape index (κ3) is 2.41. The molecule has 0 amide bonds. The smallest absolute Gasteiger partial charge is 0.0568 e. The zero-order chi connectivity index (χ0) is 8.10. The molecule has 1 aliphatic carbocycles. The van der Waals surface area contributed by atoms with Gasteiger partial charge in [0, 0.05) is 11.5 Å². The molecule has 0 aromatic carbocycles. The molecule has 0 aliphatic heterocycles. The molecule has 4 heteroatoms. The van der Waals surface area contributed by atoms with Gasteiger partial charge in [0.2, 0.25) is 0 Å². The largest absolute Gasteiger partial charge is 0.393 e. The standard InChI is InChI=1S/C7H13N3O/c8-10-9-5-4-6-2-1-3-7(6)11/h6-7,11H,1-5H2. The molecule has 0 saturated heterocycles. The molecule has 1 N–H and O–H groups in total. The summed E-state index contributed by atoms with van der Waals surface area (Å²) in [5.74, 6) is 0.375. The summed E-state index contributed by atoms with van der Waals surface area (Å²) in [6.07, 6.45) is 3.81. The Balaban J connectivity index is 2.20. The van der Waals surface area contributed by atoms with Crippen molar-refractivity contribution in [1.82, 2.24) is 0 Å². The van der Waals surface area contributed by atoms with Gasteiger partial charge in [-0.25, -0.2) is 0 Å². The fourth-order valence-electron chi connectivity index (χ4n) is 1.62. The molecule has 2 unspecified atom stereocenters. The molecular formula is C7H13N3O. The Kier molecular flexibility index (Phi) is 3.20. The number of aliphatic hydroxyl groups excluding tert-OH is 1. The Morgan fingerprint density at radius 1 is 1.55 bits per heavy atom. The van der Waals surface area contributed by atoms with Crippen LogP contribution in [0.2, 0.25) is 0 Å². The minimum atomic E-state index is -0.149. The van der Waals surface area contributed by atoms with E-state index in [4.69, 9.17) is 5.53 Å². The lowest BCUT2D eigenvalue weighted by Crippen LogP contribution is -2.13. The van der Waals surface area contributed by atoms with Gasteiger partial charge in [-0.15, -0.1) is 0 Å². The molecule has 62 valence electrons. The van der Waals surface area contributed by atoms with Crippen molar-refractivity contribution in [2.45, 2.75) is 31.8 Å². The van der Waals surface area contributed by atoms with Gasteiger partial charge in [-0.3, -0.25) is 0 Å². The summed E-state index contributed by atoms with van der Waals surface area (Å²) in [4.78, 5) is 2.67. The monoisotopic (exact) mass is 155 g/mol. The Morgan fingerprint density at radius 2 is 2.36 bits per heavy atom. The van der Waals surface area contributed by atoms with Crippen molar-refractivity contribution in [2.24, 2.45) is 11.0 Å². The second kappa shape index (κ2) is 4.21. The van der Waals surface area contributed by atoms with Crippen LogP contribution in [0.1, 0.15) is 25.7 Å². The zero-order valence-electron chi connectivity index (χ0n) is 6.48. The van der Waals surface area contributed by atoms with Crippen molar-refractivity contribution in [1.29, 1.82) is 0 Å². The first-order valence-electron chi connectivity index (χ1n) is 4.03. The van der Waals surface area contributed by atoms with Gasteiger partial charge in [0.05, 0.1) is 6.10 Å². The number of azide groups is 1. The van der Waals surface area contributed by atoms with Crippen LogP contribution in [0.15, 0.2) is 5.11 Å². The minimum Gasteiger partial charge on any atom is -0.393 e. The number of hydrogen-bond acceptors (Lipinski definition) is 2. The number of rotatable bonds is 3. The molecule has 0 heterocycles. The highest BCUT2D eigenvalue weighted by Crippen LogP contribution is 2.27. The van der Waals surface area contributed by atoms with E-state index in [1.165, 1.54) is 0 Å². The maximum absolute atomic E-state index is 9.35. The summed E-state index contributed by atoms with van der Waals surface area (Å²) in [7, 11) is 0. The van der Waals surface area contributed by atoms with E-state index in [-0.39, 0.29) is 6.10 Å². The lowest BCUT2D eigenvalue weighted by Gasteiger charge is -2.11. The highest BCUT2D eigenvalue weighted by Gasteiger charge is 2.23. The van der Waals surface area contributed by atoms with Crippen LogP contribution >= 0.6 is 0 Å². The van der Waals surface area contributed by atoms with E-state index in [1.54, 1.807) is 0 Å². The van der Waals surface area contributed by atoms with Gasteiger partial charge in [0.15, 0.2) is 0 Å². The van der Waals surface area contributed by atoms with Crippen molar-refractivity contribution in [3.8, 4) is 0 Å². The van der Waals surface area contributed by atoms with Gasteiger partial charge in [-0.1, -0.05) is 11.5 Å². The molecule has 1 rings (SSSR count). The van der Waals surface area contributed by atoms with Crippen molar-refractivity contribution in [3.05, 3.63) is 10.4 Å². The average molecular weight is 155 g/mol. The molecule has 0 aromatic rings. The second-order valence-electron chi connectivity index (χ2n) is 3.00. The molecule has 0 bridgehead atoms. The molecule has 11 heavy (non-hydrogen) atoms. The fourth-order valence-corrected chi connectivity index (χ4v) is 1.62. The van der Waals surface area contributed by atoms with Crippen LogP contribution in [0.3, 0.4) is 0 Å². The zero-order valence-corrected chi connectivity index (χ0v) is 6.48. The first-order valence-corrected chi connectivity index (χ1v) is 4.03. The van der Waals surface area contributed by atoms with E-state index < -0.39 is 0 Å². The van der Waals surface area contributed by atoms with Gasteiger partial charge in [-0.05, 0) is 30.7 Å². The first kappa shape index (κ1) is 8.37. The first-order chi connectivity index (χ1) is 5.34. The van der Waals surface area contributed by atoms with Gasteiger partial charge >= 0.3 is 0 Å². The predicted octanol–water partition coefficient (Wildman–Crippen LogP) is 1.85. The van der Waals surface area contributed by atoms with Crippen LogP contribution in [0.4, 0.5) is 0 Å². The molecule has 0 radical (unpaired) electrons. The lowest BCUT2D eigenvalue weighted by molar-refractivity contribution is 0.129. The highest BCUT2D eigenvalue weighted by atomic mass is 16.3. The number of aliphatic hydroxyl groups is 1. The van der Waals surface area contributed by atoms with E-state index in [2.05, 4.69) is 10.0 Å². The predicted molar refractivity (Wildman–Crippen MR) is 42.0 cm³/mol. The average Bonchev–Trinajstić information content (AvgIpc) is 2.37. The normalized spacial score (nSPS) is 29.9. The molecule has 0 aromatic heterocycles. The molecule has 1 saturated carbocycles. The van der Waals surface area contributed by atoms with E-state index in [9.17, 15) is 5.11 Å². The maximum Gasteiger partial charge on any atom is 0.0568 e. The van der Waals surface area contributed by atoms with Crippen molar-refractivity contribution < 1.29 is 5.11 Å². The van der Waals surface area contributed by atoms with Crippen LogP contribution < -0.4 is 0 Å². The number of hydrogen-bond donors (Lipinski definition) is 1. The van der Waals surface area contributed by atoms with E-state index in [0.717, 1.165) is 25.7 Å². The van der Waals surface area contributed by atoms with Crippen molar-refractivity contribution in [2.75, 3.05) is 6.54 Å². The molecule has 1 aliphatic rings. The van der Waals surface area contributed by atoms with Crippen LogP contribution in [-0.2, 0) is 0 Å². The Hall–Kier alpha value is -0.730. The summed E-state index contributed by atoms with van der Waals surface area (Å²) in [5, 5.41) is 12.8. The van der Waals surface area contributed by atoms with Crippen LogP contribution in [0.5, 0.6) is 0 Å². The minimum absolute atomic E-state index is 0.149. The van der Waals surface area contributed by atoms with E-state index >= 15 is 0 Å². The molecule has 2 atom stereocenters. The molecule has 0 spiro atoms. The summed E-state index contributed by atoms with van der Waals surface area (Å²) in [5.41, 5.74) is 8.00. The van der Waals surface area contributed by atoms with Crippen molar-refractivity contribution in [3.63, 3.8) is 0 Å². The third-order valence-electron chi connectivity index (χ3n) is 2.28. The van der Waals surface area contributed by atoms with Gasteiger partial charge in [0.1, 0.15) is 0 Å². The van der Waals surface area contributed by atoms with Crippen LogP contribution in [-0.4, -0.2) is 17.8 Å². The lowest BCUT2D eigenvalue weighted by atomic mass is 10.0. The SMILES string of the molecule is [N-]=[N+]=NCCC1CCCC1O. The molecule has 4 nitrogen and oxygen atoms in total. The Bertz CT molecular complexity index is 165. The van der Waals surface area contributed by atoms with E-state index in [1.807, 2.05) is 0 Å².